The first-order valence-electron chi connectivity index (χ1n) is 9.41. The first-order valence-corrected chi connectivity index (χ1v) is 9.41. The third-order valence-electron chi connectivity index (χ3n) is 5.90. The molecule has 0 N–H and O–H groups in total. The topological polar surface area (TPSA) is 12.5 Å². The molecule has 27 heavy (non-hydrogen) atoms. The number of rotatable bonds is 3. The molecule has 1 unspecified atom stereocenters. The van der Waals surface area contributed by atoms with Crippen LogP contribution >= 0.6 is 0 Å². The summed E-state index contributed by atoms with van der Waals surface area (Å²) in [6.45, 7) is 3.04. The Kier molecular flexibility index (Phi) is 4.99. The molecule has 2 aromatic carbocycles. The van der Waals surface area contributed by atoms with E-state index in [0.29, 0.717) is 5.92 Å². The molecule has 3 fully saturated rings. The van der Waals surface area contributed by atoms with E-state index in [0.717, 1.165) is 43.6 Å². The molecule has 3 aliphatic heterocycles. The van der Waals surface area contributed by atoms with Gasteiger partial charge in [-0.3, -0.25) is 4.90 Å². The lowest BCUT2D eigenvalue weighted by Crippen LogP contribution is -2.59. The summed E-state index contributed by atoms with van der Waals surface area (Å²) in [7, 11) is 1.74. The Bertz CT molecular complexity index is 799. The summed E-state index contributed by atoms with van der Waals surface area (Å²) in [6.07, 6.45) is 2.20. The van der Waals surface area contributed by atoms with E-state index in [-0.39, 0.29) is 17.6 Å². The van der Waals surface area contributed by atoms with E-state index in [9.17, 15) is 8.78 Å². The highest BCUT2D eigenvalue weighted by Gasteiger charge is 2.46. The number of benzene rings is 2. The van der Waals surface area contributed by atoms with Crippen molar-refractivity contribution in [2.75, 3.05) is 26.7 Å². The standard InChI is InChI=1S/C23H23F2NO/c1-27-23(16-26-14-11-19(23)12-15-26)13-10-22(17-2-6-20(24)7-3-17)18-4-8-21(25)9-5-18/h2-9,19,22H,11-12,14-16H2,1H3. The molecule has 0 aromatic heterocycles. The van der Waals surface area contributed by atoms with Crippen LogP contribution in [0.4, 0.5) is 8.78 Å². The van der Waals surface area contributed by atoms with E-state index >= 15 is 0 Å². The highest BCUT2D eigenvalue weighted by atomic mass is 19.1. The van der Waals surface area contributed by atoms with Crippen molar-refractivity contribution < 1.29 is 13.5 Å². The molecule has 0 aliphatic carbocycles. The van der Waals surface area contributed by atoms with Gasteiger partial charge in [0.1, 0.15) is 17.2 Å². The van der Waals surface area contributed by atoms with Gasteiger partial charge >= 0.3 is 0 Å². The van der Waals surface area contributed by atoms with Crippen molar-refractivity contribution in [3.8, 4) is 11.8 Å². The number of ether oxygens (including phenoxy) is 1. The molecule has 0 spiro atoms. The smallest absolute Gasteiger partial charge is 0.143 e. The van der Waals surface area contributed by atoms with Crippen LogP contribution in [0.25, 0.3) is 0 Å². The quantitative estimate of drug-likeness (QED) is 0.754. The molecule has 2 bridgehead atoms. The van der Waals surface area contributed by atoms with Crippen LogP contribution in [0.3, 0.4) is 0 Å². The van der Waals surface area contributed by atoms with Gasteiger partial charge in [-0.1, -0.05) is 36.1 Å². The van der Waals surface area contributed by atoms with Gasteiger partial charge in [-0.05, 0) is 61.3 Å². The van der Waals surface area contributed by atoms with Crippen LogP contribution in [-0.4, -0.2) is 37.2 Å². The van der Waals surface area contributed by atoms with Gasteiger partial charge in [-0.2, -0.15) is 0 Å². The Morgan fingerprint density at radius 2 is 1.48 bits per heavy atom. The van der Waals surface area contributed by atoms with Crippen LogP contribution < -0.4 is 0 Å². The Morgan fingerprint density at radius 1 is 0.963 bits per heavy atom. The van der Waals surface area contributed by atoms with Gasteiger partial charge in [0.2, 0.25) is 0 Å². The molecule has 0 saturated carbocycles. The predicted molar refractivity (Wildman–Crippen MR) is 101 cm³/mol. The van der Waals surface area contributed by atoms with Crippen molar-refractivity contribution in [1.82, 2.24) is 4.90 Å². The second kappa shape index (κ2) is 7.42. The van der Waals surface area contributed by atoms with Gasteiger partial charge < -0.3 is 4.74 Å². The number of hydrogen-bond acceptors (Lipinski definition) is 2. The van der Waals surface area contributed by atoms with Crippen LogP contribution in [0.15, 0.2) is 48.5 Å². The fraction of sp³-hybridized carbons (Fsp3) is 0.391. The number of piperidine rings is 3. The summed E-state index contributed by atoms with van der Waals surface area (Å²) in [5.74, 6) is 6.44. The second-order valence-corrected chi connectivity index (χ2v) is 7.45. The zero-order valence-corrected chi connectivity index (χ0v) is 15.4. The van der Waals surface area contributed by atoms with Crippen LogP contribution in [0.2, 0.25) is 0 Å². The third-order valence-corrected chi connectivity index (χ3v) is 5.90. The van der Waals surface area contributed by atoms with Crippen LogP contribution in [0.1, 0.15) is 29.9 Å². The van der Waals surface area contributed by atoms with E-state index in [2.05, 4.69) is 16.7 Å². The minimum Gasteiger partial charge on any atom is -0.364 e. The molecule has 1 atom stereocenters. The molecule has 3 aliphatic rings. The van der Waals surface area contributed by atoms with Crippen molar-refractivity contribution in [3.05, 3.63) is 71.3 Å². The number of halogens is 2. The Morgan fingerprint density at radius 3 is 1.89 bits per heavy atom. The molecular formula is C23H23F2NO. The Balaban J connectivity index is 1.72. The molecule has 4 heteroatoms. The summed E-state index contributed by atoms with van der Waals surface area (Å²) in [4.78, 5) is 2.41. The minimum absolute atomic E-state index is 0.256. The normalized spacial score (nSPS) is 26.7. The lowest BCUT2D eigenvalue weighted by atomic mass is 9.75. The summed E-state index contributed by atoms with van der Waals surface area (Å²) in [6, 6.07) is 12.7. The van der Waals surface area contributed by atoms with E-state index in [1.165, 1.54) is 24.3 Å². The summed E-state index contributed by atoms with van der Waals surface area (Å²) in [5.41, 5.74) is 1.32. The van der Waals surface area contributed by atoms with Gasteiger partial charge in [0.05, 0.1) is 5.92 Å². The van der Waals surface area contributed by atoms with Gasteiger partial charge in [0, 0.05) is 19.6 Å². The first-order chi connectivity index (χ1) is 13.1. The van der Waals surface area contributed by atoms with E-state index < -0.39 is 5.60 Å². The monoisotopic (exact) mass is 367 g/mol. The summed E-state index contributed by atoms with van der Waals surface area (Å²) in [5, 5.41) is 0. The molecule has 5 rings (SSSR count). The Hall–Kier alpha value is -2.22. The zero-order valence-electron chi connectivity index (χ0n) is 15.4. The molecule has 3 heterocycles. The molecule has 0 amide bonds. The Labute approximate surface area is 159 Å². The fourth-order valence-electron chi connectivity index (χ4n) is 4.31. The van der Waals surface area contributed by atoms with E-state index in [1.54, 1.807) is 31.4 Å². The van der Waals surface area contributed by atoms with Crippen molar-refractivity contribution in [3.63, 3.8) is 0 Å². The van der Waals surface area contributed by atoms with Gasteiger partial charge in [-0.15, -0.1) is 0 Å². The zero-order chi connectivity index (χ0) is 18.9. The molecular weight excluding hydrogens is 344 g/mol. The first kappa shape index (κ1) is 18.2. The van der Waals surface area contributed by atoms with Gasteiger partial charge in [0.25, 0.3) is 0 Å². The number of fused-ring (bicyclic) bond motifs is 3. The van der Waals surface area contributed by atoms with E-state index in [1.807, 2.05) is 0 Å². The fourth-order valence-corrected chi connectivity index (χ4v) is 4.31. The maximum atomic E-state index is 13.4. The van der Waals surface area contributed by atoms with Crippen molar-refractivity contribution in [1.29, 1.82) is 0 Å². The third kappa shape index (κ3) is 3.63. The highest BCUT2D eigenvalue weighted by molar-refractivity contribution is 5.42. The second-order valence-electron chi connectivity index (χ2n) is 7.45. The van der Waals surface area contributed by atoms with Crippen molar-refractivity contribution in [2.45, 2.75) is 24.4 Å². The summed E-state index contributed by atoms with van der Waals surface area (Å²) < 4.78 is 32.7. The molecule has 2 aromatic rings. The minimum atomic E-state index is -0.463. The van der Waals surface area contributed by atoms with Crippen LogP contribution in [0, 0.1) is 29.4 Å². The average Bonchev–Trinajstić information content (AvgIpc) is 2.71. The summed E-state index contributed by atoms with van der Waals surface area (Å²) >= 11 is 0. The average molecular weight is 367 g/mol. The lowest BCUT2D eigenvalue weighted by molar-refractivity contribution is -0.0962. The van der Waals surface area contributed by atoms with Gasteiger partial charge in [-0.25, -0.2) is 8.78 Å². The molecule has 2 nitrogen and oxygen atoms in total. The number of nitrogens with zero attached hydrogens (tertiary/aromatic N) is 1. The van der Waals surface area contributed by atoms with Crippen LogP contribution in [0.5, 0.6) is 0 Å². The maximum Gasteiger partial charge on any atom is 0.143 e. The number of hydrogen-bond donors (Lipinski definition) is 0. The number of methoxy groups -OCH3 is 1. The van der Waals surface area contributed by atoms with Crippen LogP contribution in [-0.2, 0) is 4.74 Å². The molecule has 140 valence electrons. The predicted octanol–water partition coefficient (Wildman–Crippen LogP) is 4.21. The SMILES string of the molecule is COC1(C#CC(c2ccc(F)cc2)c2ccc(F)cc2)CN2CCC1CC2. The lowest BCUT2D eigenvalue weighted by Gasteiger charge is -2.49. The largest absolute Gasteiger partial charge is 0.364 e. The highest BCUT2D eigenvalue weighted by Crippen LogP contribution is 2.38. The van der Waals surface area contributed by atoms with Crippen molar-refractivity contribution >= 4 is 0 Å². The van der Waals surface area contributed by atoms with Crippen molar-refractivity contribution in [2.24, 2.45) is 5.92 Å². The maximum absolute atomic E-state index is 13.4. The molecule has 0 radical (unpaired) electrons. The van der Waals surface area contributed by atoms with Gasteiger partial charge in [0.15, 0.2) is 0 Å². The molecule has 3 saturated heterocycles. The van der Waals surface area contributed by atoms with E-state index in [4.69, 9.17) is 4.74 Å².